The second-order valence-corrected chi connectivity index (χ2v) is 7.03. The molecule has 0 spiro atoms. The number of amides is 1. The van der Waals surface area contributed by atoms with Crippen molar-refractivity contribution in [3.8, 4) is 0 Å². The lowest BCUT2D eigenvalue weighted by Gasteiger charge is -2.21. The first-order chi connectivity index (χ1) is 13.0. The summed E-state index contributed by atoms with van der Waals surface area (Å²) in [7, 11) is 0. The number of halogens is 1. The van der Waals surface area contributed by atoms with Crippen molar-refractivity contribution in [2.75, 3.05) is 13.1 Å². The minimum atomic E-state index is -0.285. The SMILES string of the molecule is Cc1ccc(=O)n(CC(=O)NC2CCCN(Cc3ccccc3F)CC2)n1. The van der Waals surface area contributed by atoms with E-state index >= 15 is 0 Å². The summed E-state index contributed by atoms with van der Waals surface area (Å²) in [6.45, 7) is 3.96. The molecule has 0 radical (unpaired) electrons. The van der Waals surface area contributed by atoms with E-state index in [1.807, 2.05) is 12.1 Å². The minimum absolute atomic E-state index is 0.0589. The van der Waals surface area contributed by atoms with Gasteiger partial charge in [0.05, 0.1) is 5.69 Å². The van der Waals surface area contributed by atoms with Crippen LogP contribution in [0, 0.1) is 12.7 Å². The fourth-order valence-electron chi connectivity index (χ4n) is 3.40. The van der Waals surface area contributed by atoms with Crippen LogP contribution in [0.1, 0.15) is 30.5 Å². The van der Waals surface area contributed by atoms with Crippen molar-refractivity contribution >= 4 is 5.91 Å². The number of likely N-dealkylation sites (tertiary alicyclic amines) is 1. The van der Waals surface area contributed by atoms with Crippen LogP contribution in [-0.4, -0.2) is 39.7 Å². The standard InChI is InChI=1S/C20H25FN4O2/c1-15-8-9-20(27)25(23-15)14-19(26)22-17-6-4-11-24(12-10-17)13-16-5-2-3-7-18(16)21/h2-3,5,7-9,17H,4,6,10-14H2,1H3,(H,22,26). The number of nitrogens with zero attached hydrogens (tertiary/aromatic N) is 3. The summed E-state index contributed by atoms with van der Waals surface area (Å²) >= 11 is 0. The predicted octanol–water partition coefficient (Wildman–Crippen LogP) is 1.86. The third-order valence-electron chi connectivity index (χ3n) is 4.83. The highest BCUT2D eigenvalue weighted by Crippen LogP contribution is 2.16. The Labute approximate surface area is 158 Å². The van der Waals surface area contributed by atoms with E-state index in [4.69, 9.17) is 0 Å². The number of rotatable bonds is 5. The molecule has 3 rings (SSSR count). The molecule has 0 bridgehead atoms. The Kier molecular flexibility index (Phi) is 6.34. The first-order valence-corrected chi connectivity index (χ1v) is 9.31. The van der Waals surface area contributed by atoms with Crippen molar-refractivity contribution in [1.82, 2.24) is 20.0 Å². The van der Waals surface area contributed by atoms with Gasteiger partial charge in [-0.2, -0.15) is 5.10 Å². The van der Waals surface area contributed by atoms with Gasteiger partial charge in [-0.15, -0.1) is 0 Å². The van der Waals surface area contributed by atoms with E-state index in [2.05, 4.69) is 15.3 Å². The van der Waals surface area contributed by atoms with Crippen LogP contribution in [0.5, 0.6) is 0 Å². The monoisotopic (exact) mass is 372 g/mol. The molecule has 1 atom stereocenters. The molecule has 27 heavy (non-hydrogen) atoms. The van der Waals surface area contributed by atoms with Crippen molar-refractivity contribution in [1.29, 1.82) is 0 Å². The lowest BCUT2D eigenvalue weighted by Crippen LogP contribution is -2.40. The van der Waals surface area contributed by atoms with E-state index < -0.39 is 0 Å². The van der Waals surface area contributed by atoms with E-state index in [9.17, 15) is 14.0 Å². The largest absolute Gasteiger partial charge is 0.352 e. The molecule has 0 saturated carbocycles. The Hall–Kier alpha value is -2.54. The highest BCUT2D eigenvalue weighted by Gasteiger charge is 2.20. The summed E-state index contributed by atoms with van der Waals surface area (Å²) in [5, 5.41) is 7.10. The molecular weight excluding hydrogens is 347 g/mol. The molecule has 2 aromatic rings. The summed E-state index contributed by atoms with van der Waals surface area (Å²) < 4.78 is 15.0. The summed E-state index contributed by atoms with van der Waals surface area (Å²) in [5.74, 6) is -0.384. The molecule has 1 aromatic heterocycles. The van der Waals surface area contributed by atoms with Gasteiger partial charge in [0.1, 0.15) is 12.4 Å². The van der Waals surface area contributed by atoms with E-state index in [0.717, 1.165) is 32.4 Å². The van der Waals surface area contributed by atoms with Crippen molar-refractivity contribution in [3.05, 3.63) is 63.8 Å². The van der Waals surface area contributed by atoms with Gasteiger partial charge >= 0.3 is 0 Å². The van der Waals surface area contributed by atoms with Crippen LogP contribution >= 0.6 is 0 Å². The number of aromatic nitrogens is 2. The van der Waals surface area contributed by atoms with E-state index in [0.29, 0.717) is 17.8 Å². The van der Waals surface area contributed by atoms with Crippen LogP contribution in [0.3, 0.4) is 0 Å². The Bertz CT molecular complexity index is 852. The minimum Gasteiger partial charge on any atom is -0.352 e. The molecule has 144 valence electrons. The Balaban J connectivity index is 1.52. The number of benzene rings is 1. The van der Waals surface area contributed by atoms with Crippen molar-refractivity contribution in [2.45, 2.75) is 45.3 Å². The van der Waals surface area contributed by atoms with Gasteiger partial charge < -0.3 is 5.32 Å². The molecule has 1 aliphatic rings. The van der Waals surface area contributed by atoms with Gasteiger partial charge in [-0.3, -0.25) is 14.5 Å². The van der Waals surface area contributed by atoms with Gasteiger partial charge in [0.2, 0.25) is 5.91 Å². The first kappa shape index (κ1) is 19.2. The fourth-order valence-corrected chi connectivity index (χ4v) is 3.40. The molecule has 1 amide bonds. The Morgan fingerprint density at radius 2 is 2.04 bits per heavy atom. The number of nitrogens with one attached hydrogen (secondary N) is 1. The number of hydrogen-bond donors (Lipinski definition) is 1. The maximum absolute atomic E-state index is 13.8. The smallest absolute Gasteiger partial charge is 0.267 e. The topological polar surface area (TPSA) is 67.2 Å². The van der Waals surface area contributed by atoms with E-state index in [-0.39, 0.29) is 29.9 Å². The molecule has 1 saturated heterocycles. The second kappa shape index (κ2) is 8.90. The summed E-state index contributed by atoms with van der Waals surface area (Å²) in [5.41, 5.74) is 1.11. The van der Waals surface area contributed by atoms with Gasteiger partial charge in [0.25, 0.3) is 5.56 Å². The van der Waals surface area contributed by atoms with Crippen LogP contribution in [-0.2, 0) is 17.9 Å². The van der Waals surface area contributed by atoms with E-state index in [1.54, 1.807) is 19.1 Å². The average Bonchev–Trinajstić information content (AvgIpc) is 2.85. The van der Waals surface area contributed by atoms with Gasteiger partial charge in [-0.25, -0.2) is 9.07 Å². The maximum atomic E-state index is 13.8. The average molecular weight is 372 g/mol. The molecule has 2 heterocycles. The highest BCUT2D eigenvalue weighted by molar-refractivity contribution is 5.75. The third kappa shape index (κ3) is 5.47. The van der Waals surface area contributed by atoms with Crippen LogP contribution < -0.4 is 10.9 Å². The van der Waals surface area contributed by atoms with Gasteiger partial charge in [-0.1, -0.05) is 18.2 Å². The molecular formula is C20H25FN4O2. The predicted molar refractivity (Wildman–Crippen MR) is 101 cm³/mol. The summed E-state index contributed by atoms with van der Waals surface area (Å²) in [6.07, 6.45) is 2.61. The zero-order chi connectivity index (χ0) is 19.2. The van der Waals surface area contributed by atoms with Crippen molar-refractivity contribution < 1.29 is 9.18 Å². The second-order valence-electron chi connectivity index (χ2n) is 7.03. The van der Waals surface area contributed by atoms with Crippen LogP contribution in [0.4, 0.5) is 4.39 Å². The maximum Gasteiger partial charge on any atom is 0.267 e. The van der Waals surface area contributed by atoms with Crippen LogP contribution in [0.15, 0.2) is 41.2 Å². The molecule has 1 N–H and O–H groups in total. The van der Waals surface area contributed by atoms with Crippen molar-refractivity contribution in [2.24, 2.45) is 0 Å². The van der Waals surface area contributed by atoms with Crippen LogP contribution in [0.2, 0.25) is 0 Å². The van der Waals surface area contributed by atoms with E-state index in [1.165, 1.54) is 16.8 Å². The number of aryl methyl sites for hydroxylation is 1. The zero-order valence-corrected chi connectivity index (χ0v) is 15.5. The molecule has 7 heteroatoms. The first-order valence-electron chi connectivity index (χ1n) is 9.31. The zero-order valence-electron chi connectivity index (χ0n) is 15.5. The third-order valence-corrected chi connectivity index (χ3v) is 4.83. The number of hydrogen-bond acceptors (Lipinski definition) is 4. The Morgan fingerprint density at radius 1 is 1.22 bits per heavy atom. The van der Waals surface area contributed by atoms with Gasteiger partial charge in [0, 0.05) is 30.8 Å². The normalized spacial score (nSPS) is 18.1. The lowest BCUT2D eigenvalue weighted by atomic mass is 10.1. The molecule has 1 aliphatic heterocycles. The molecule has 1 fully saturated rings. The van der Waals surface area contributed by atoms with Crippen molar-refractivity contribution in [3.63, 3.8) is 0 Å². The lowest BCUT2D eigenvalue weighted by molar-refractivity contribution is -0.122. The van der Waals surface area contributed by atoms with Gasteiger partial charge in [0.15, 0.2) is 0 Å². The molecule has 6 nitrogen and oxygen atoms in total. The molecule has 1 unspecified atom stereocenters. The molecule has 1 aromatic carbocycles. The number of carbonyl (C=O) groups is 1. The van der Waals surface area contributed by atoms with Crippen LogP contribution in [0.25, 0.3) is 0 Å². The Morgan fingerprint density at radius 3 is 2.85 bits per heavy atom. The summed E-state index contributed by atoms with van der Waals surface area (Å²) in [4.78, 5) is 26.3. The quantitative estimate of drug-likeness (QED) is 0.870. The summed E-state index contributed by atoms with van der Waals surface area (Å²) in [6, 6.07) is 9.95. The van der Waals surface area contributed by atoms with Gasteiger partial charge in [-0.05, 0) is 44.9 Å². The fraction of sp³-hybridized carbons (Fsp3) is 0.450. The highest BCUT2D eigenvalue weighted by atomic mass is 19.1. The number of carbonyl (C=O) groups excluding carboxylic acids is 1. The molecule has 0 aliphatic carbocycles.